The van der Waals surface area contributed by atoms with Crippen LogP contribution in [0.1, 0.15) is 21.2 Å². The van der Waals surface area contributed by atoms with E-state index in [9.17, 15) is 4.79 Å². The first-order valence-electron chi connectivity index (χ1n) is 7.10. The van der Waals surface area contributed by atoms with Gasteiger partial charge in [0.15, 0.2) is 10.1 Å². The Bertz CT molecular complexity index is 775. The molecule has 0 aliphatic rings. The number of nitrogens with zero attached hydrogens (tertiary/aromatic N) is 2. The molecule has 3 aromatic rings. The van der Waals surface area contributed by atoms with Gasteiger partial charge >= 0.3 is 0 Å². The molecule has 0 aliphatic heterocycles. The number of rotatable bonds is 6. The van der Waals surface area contributed by atoms with E-state index in [-0.39, 0.29) is 11.0 Å². The van der Waals surface area contributed by atoms with Crippen molar-refractivity contribution in [2.75, 3.05) is 12.4 Å². The van der Waals surface area contributed by atoms with E-state index in [4.69, 9.17) is 0 Å². The highest BCUT2D eigenvalue weighted by molar-refractivity contribution is 8.02. The van der Waals surface area contributed by atoms with Crippen molar-refractivity contribution < 1.29 is 4.79 Å². The molecule has 23 heavy (non-hydrogen) atoms. The van der Waals surface area contributed by atoms with Crippen molar-refractivity contribution >= 4 is 34.0 Å². The molecule has 4 nitrogen and oxygen atoms in total. The fourth-order valence-corrected chi connectivity index (χ4v) is 4.09. The zero-order valence-electron chi connectivity index (χ0n) is 12.5. The summed E-state index contributed by atoms with van der Waals surface area (Å²) in [7, 11) is 1.80. The van der Waals surface area contributed by atoms with E-state index in [1.165, 1.54) is 23.1 Å². The minimum atomic E-state index is -0.337. The minimum absolute atomic E-state index is 0.0722. The maximum absolute atomic E-state index is 12.9. The molecule has 0 fully saturated rings. The van der Waals surface area contributed by atoms with Gasteiger partial charge in [-0.3, -0.25) is 4.79 Å². The quantitative estimate of drug-likeness (QED) is 0.535. The number of benzene rings is 2. The largest absolute Gasteiger partial charge is 0.363 e. The van der Waals surface area contributed by atoms with Crippen LogP contribution in [0.15, 0.2) is 65.0 Å². The van der Waals surface area contributed by atoms with Gasteiger partial charge in [-0.15, -0.1) is 10.2 Å². The van der Waals surface area contributed by atoms with Gasteiger partial charge < -0.3 is 5.32 Å². The fourth-order valence-electron chi connectivity index (χ4n) is 2.11. The topological polar surface area (TPSA) is 54.9 Å². The highest BCUT2D eigenvalue weighted by Crippen LogP contribution is 2.39. The molecule has 6 heteroatoms. The normalized spacial score (nSPS) is 11.9. The zero-order valence-corrected chi connectivity index (χ0v) is 14.1. The van der Waals surface area contributed by atoms with E-state index in [0.717, 1.165) is 15.0 Å². The van der Waals surface area contributed by atoms with E-state index < -0.39 is 0 Å². The average Bonchev–Trinajstić information content (AvgIpc) is 3.08. The van der Waals surface area contributed by atoms with Gasteiger partial charge in [-0.25, -0.2) is 0 Å². The molecule has 3 rings (SSSR count). The van der Waals surface area contributed by atoms with Crippen molar-refractivity contribution in [3.8, 4) is 0 Å². The lowest BCUT2D eigenvalue weighted by Gasteiger charge is -2.14. The Kier molecular flexibility index (Phi) is 5.05. The SMILES string of the molecule is CNc1nnc(S[C@@H](C(=O)c2ccccc2)c2ccccc2)s1. The maximum Gasteiger partial charge on any atom is 0.206 e. The Labute approximate surface area is 143 Å². The molecule has 0 spiro atoms. The Morgan fingerprint density at radius 1 is 1.04 bits per heavy atom. The van der Waals surface area contributed by atoms with Gasteiger partial charge in [0.1, 0.15) is 0 Å². The number of aromatic nitrogens is 2. The molecular weight excluding hydrogens is 326 g/mol. The van der Waals surface area contributed by atoms with Crippen LogP contribution in [0.5, 0.6) is 0 Å². The van der Waals surface area contributed by atoms with Crippen molar-refractivity contribution in [2.45, 2.75) is 9.59 Å². The number of nitrogens with one attached hydrogen (secondary N) is 1. The Hall–Kier alpha value is -2.18. The second kappa shape index (κ2) is 7.39. The number of hydrogen-bond donors (Lipinski definition) is 1. The Morgan fingerprint density at radius 2 is 1.70 bits per heavy atom. The molecule has 1 N–H and O–H groups in total. The van der Waals surface area contributed by atoms with Crippen LogP contribution in [0, 0.1) is 0 Å². The lowest BCUT2D eigenvalue weighted by molar-refractivity contribution is 0.0989. The summed E-state index contributed by atoms with van der Waals surface area (Å²) in [6.07, 6.45) is 0. The second-order valence-corrected chi connectivity index (χ2v) is 7.09. The van der Waals surface area contributed by atoms with Gasteiger partial charge in [0.25, 0.3) is 0 Å². The van der Waals surface area contributed by atoms with Crippen molar-refractivity contribution in [1.29, 1.82) is 0 Å². The molecule has 0 radical (unpaired) electrons. The van der Waals surface area contributed by atoms with E-state index in [1.54, 1.807) is 7.05 Å². The molecule has 1 heterocycles. The molecule has 0 saturated heterocycles. The third kappa shape index (κ3) is 3.78. The van der Waals surface area contributed by atoms with Crippen LogP contribution in [0.2, 0.25) is 0 Å². The summed E-state index contributed by atoms with van der Waals surface area (Å²) < 4.78 is 0.771. The molecule has 0 bridgehead atoms. The van der Waals surface area contributed by atoms with Crippen molar-refractivity contribution in [2.24, 2.45) is 0 Å². The first kappa shape index (κ1) is 15.7. The number of carbonyl (C=O) groups excluding carboxylic acids is 1. The van der Waals surface area contributed by atoms with Gasteiger partial charge in [-0.05, 0) is 5.56 Å². The molecule has 1 atom stereocenters. The van der Waals surface area contributed by atoms with Crippen LogP contribution in [-0.4, -0.2) is 23.0 Å². The summed E-state index contributed by atoms with van der Waals surface area (Å²) in [6.45, 7) is 0. The first-order valence-corrected chi connectivity index (χ1v) is 8.79. The number of ketones is 1. The molecule has 0 unspecified atom stereocenters. The molecule has 2 aromatic carbocycles. The molecule has 116 valence electrons. The monoisotopic (exact) mass is 341 g/mol. The summed E-state index contributed by atoms with van der Waals surface area (Å²) >= 11 is 2.88. The summed E-state index contributed by atoms with van der Waals surface area (Å²) in [4.78, 5) is 12.9. The lowest BCUT2D eigenvalue weighted by atomic mass is 10.0. The third-order valence-electron chi connectivity index (χ3n) is 3.24. The summed E-state index contributed by atoms with van der Waals surface area (Å²) in [5.41, 5.74) is 1.67. The van der Waals surface area contributed by atoms with E-state index in [2.05, 4.69) is 15.5 Å². The molecule has 0 saturated carbocycles. The Balaban J connectivity index is 1.92. The number of Topliss-reactive ketones (excluding diaryl/α,β-unsaturated/α-hetero) is 1. The van der Waals surface area contributed by atoms with E-state index in [1.807, 2.05) is 60.7 Å². The van der Waals surface area contributed by atoms with Crippen molar-refractivity contribution in [1.82, 2.24) is 10.2 Å². The van der Waals surface area contributed by atoms with E-state index in [0.29, 0.717) is 5.56 Å². The van der Waals surface area contributed by atoms with Crippen molar-refractivity contribution in [3.05, 3.63) is 71.8 Å². The molecule has 1 aromatic heterocycles. The van der Waals surface area contributed by atoms with Gasteiger partial charge in [0, 0.05) is 12.6 Å². The van der Waals surface area contributed by atoms with Crippen LogP contribution < -0.4 is 5.32 Å². The van der Waals surface area contributed by atoms with Gasteiger partial charge in [0.05, 0.1) is 5.25 Å². The smallest absolute Gasteiger partial charge is 0.206 e. The van der Waals surface area contributed by atoms with Gasteiger partial charge in [-0.2, -0.15) is 0 Å². The third-order valence-corrected chi connectivity index (χ3v) is 5.52. The van der Waals surface area contributed by atoms with Gasteiger partial charge in [-0.1, -0.05) is 83.8 Å². The van der Waals surface area contributed by atoms with Crippen LogP contribution >= 0.6 is 23.1 Å². The van der Waals surface area contributed by atoms with Gasteiger partial charge in [0.2, 0.25) is 5.13 Å². The molecule has 0 amide bonds. The average molecular weight is 341 g/mol. The maximum atomic E-state index is 12.9. The van der Waals surface area contributed by atoms with Crippen molar-refractivity contribution in [3.63, 3.8) is 0 Å². The Morgan fingerprint density at radius 3 is 2.30 bits per heavy atom. The zero-order chi connectivity index (χ0) is 16.1. The van der Waals surface area contributed by atoms with Crippen LogP contribution in [0.4, 0.5) is 5.13 Å². The minimum Gasteiger partial charge on any atom is -0.363 e. The summed E-state index contributed by atoms with van der Waals surface area (Å²) in [5, 5.41) is 11.6. The first-order chi connectivity index (χ1) is 11.3. The number of carbonyl (C=O) groups is 1. The molecule has 0 aliphatic carbocycles. The number of anilines is 1. The van der Waals surface area contributed by atoms with Crippen LogP contribution in [-0.2, 0) is 0 Å². The lowest BCUT2D eigenvalue weighted by Crippen LogP contribution is -2.09. The number of hydrogen-bond acceptors (Lipinski definition) is 6. The molecular formula is C17H15N3OS2. The standard InChI is InChI=1S/C17H15N3OS2/c1-18-16-19-20-17(23-16)22-15(13-10-6-3-7-11-13)14(21)12-8-4-2-5-9-12/h2-11,15H,1H3,(H,18,19)/t15-/m1/s1. The van der Waals surface area contributed by atoms with E-state index >= 15 is 0 Å². The van der Waals surface area contributed by atoms with Crippen LogP contribution in [0.3, 0.4) is 0 Å². The predicted molar refractivity (Wildman–Crippen MR) is 95.3 cm³/mol. The fraction of sp³-hybridized carbons (Fsp3) is 0.118. The summed E-state index contributed by atoms with van der Waals surface area (Å²) in [6, 6.07) is 19.1. The second-order valence-electron chi connectivity index (χ2n) is 4.76. The van der Waals surface area contributed by atoms with Crippen LogP contribution in [0.25, 0.3) is 0 Å². The predicted octanol–water partition coefficient (Wildman–Crippen LogP) is 4.30. The summed E-state index contributed by atoms with van der Waals surface area (Å²) in [5.74, 6) is 0.0722. The highest BCUT2D eigenvalue weighted by Gasteiger charge is 2.24. The highest BCUT2D eigenvalue weighted by atomic mass is 32.2. The number of thioether (sulfide) groups is 1.